The van der Waals surface area contributed by atoms with Gasteiger partial charge in [0.25, 0.3) is 17.4 Å². The van der Waals surface area contributed by atoms with Crippen LogP contribution in [0.4, 0.5) is 5.69 Å². The highest BCUT2D eigenvalue weighted by Crippen LogP contribution is 2.32. The number of fused-ring (bicyclic) bond motifs is 1. The Kier molecular flexibility index (Phi) is 9.46. The van der Waals surface area contributed by atoms with Crippen LogP contribution in [0.15, 0.2) is 52.2 Å². The molecule has 2 aromatic carbocycles. The summed E-state index contributed by atoms with van der Waals surface area (Å²) in [6, 6.07) is 11.1. The SMILES string of the molecule is CCCC(=N)c1nc(-c2cc(S(=O)(=O)N3CCN(C)CC3)ccc2OCC)[nH]c(=O)c1NCCN1C(=O)c2ccccc2C1=O. The Bertz CT molecular complexity index is 1760. The number of benzene rings is 2. The molecule has 2 amide bonds. The van der Waals surface area contributed by atoms with E-state index >= 15 is 0 Å². The molecule has 0 spiro atoms. The van der Waals surface area contributed by atoms with Crippen molar-refractivity contribution in [2.24, 2.45) is 0 Å². The zero-order valence-corrected chi connectivity index (χ0v) is 26.4. The lowest BCUT2D eigenvalue weighted by Crippen LogP contribution is -2.47. The van der Waals surface area contributed by atoms with Crippen LogP contribution in [0.25, 0.3) is 11.4 Å². The molecule has 0 unspecified atom stereocenters. The van der Waals surface area contributed by atoms with Crippen molar-refractivity contribution in [3.05, 3.63) is 69.6 Å². The summed E-state index contributed by atoms with van der Waals surface area (Å²) in [6.07, 6.45) is 0.958. The van der Waals surface area contributed by atoms with Gasteiger partial charge in [0.2, 0.25) is 10.0 Å². The van der Waals surface area contributed by atoms with Crippen LogP contribution in [0.2, 0.25) is 0 Å². The third-order valence-corrected chi connectivity index (χ3v) is 9.72. The predicted octanol–water partition coefficient (Wildman–Crippen LogP) is 2.65. The van der Waals surface area contributed by atoms with Crippen molar-refractivity contribution in [1.29, 1.82) is 5.41 Å². The van der Waals surface area contributed by atoms with Crippen LogP contribution in [0.5, 0.6) is 5.75 Å². The number of nitrogens with zero attached hydrogens (tertiary/aromatic N) is 4. The van der Waals surface area contributed by atoms with Crippen molar-refractivity contribution < 1.29 is 22.7 Å². The average Bonchev–Trinajstić information content (AvgIpc) is 3.27. The summed E-state index contributed by atoms with van der Waals surface area (Å²) < 4.78 is 34.3. The summed E-state index contributed by atoms with van der Waals surface area (Å²) in [5.74, 6) is -0.430. The number of amides is 2. The molecule has 13 nitrogen and oxygen atoms in total. The molecule has 5 rings (SSSR count). The molecule has 0 saturated carbocycles. The summed E-state index contributed by atoms with van der Waals surface area (Å²) >= 11 is 0. The standard InChI is InChI=1S/C31H37N7O6S/c1-4-8-24(32)26-27(33-13-14-38-30(40)21-9-6-7-10-22(21)31(38)41)29(39)35-28(34-26)23-19-20(11-12-25(23)44-5-2)45(42,43)37-17-15-36(3)16-18-37/h6-7,9-12,19,32-33H,4-5,8,13-18H2,1-3H3,(H,34,35,39). The maximum Gasteiger partial charge on any atom is 0.275 e. The van der Waals surface area contributed by atoms with Gasteiger partial charge in [0, 0.05) is 39.3 Å². The number of ether oxygens (including phenoxy) is 1. The Balaban J connectivity index is 1.47. The number of hydrogen-bond donors (Lipinski definition) is 3. The number of imide groups is 1. The third-order valence-electron chi connectivity index (χ3n) is 7.83. The summed E-state index contributed by atoms with van der Waals surface area (Å²) in [5.41, 5.74) is 0.561. The van der Waals surface area contributed by atoms with Crippen molar-refractivity contribution in [1.82, 2.24) is 24.1 Å². The summed E-state index contributed by atoms with van der Waals surface area (Å²) in [7, 11) is -1.89. The first-order valence-electron chi connectivity index (χ1n) is 14.9. The van der Waals surface area contributed by atoms with E-state index in [2.05, 4.69) is 20.2 Å². The number of piperazine rings is 1. The zero-order valence-electron chi connectivity index (χ0n) is 25.6. The minimum absolute atomic E-state index is 0.00519. The van der Waals surface area contributed by atoms with Gasteiger partial charge in [0.05, 0.1) is 33.9 Å². The molecule has 0 aliphatic carbocycles. The highest BCUT2D eigenvalue weighted by Gasteiger charge is 2.35. The van der Waals surface area contributed by atoms with Crippen molar-refractivity contribution >= 4 is 33.2 Å². The number of aromatic nitrogens is 2. The molecule has 1 aromatic heterocycles. The Morgan fingerprint density at radius 3 is 2.29 bits per heavy atom. The van der Waals surface area contributed by atoms with Crippen molar-refractivity contribution in [3.63, 3.8) is 0 Å². The number of anilines is 1. The maximum atomic E-state index is 13.6. The minimum Gasteiger partial charge on any atom is -0.493 e. The Morgan fingerprint density at radius 2 is 1.67 bits per heavy atom. The normalized spacial score (nSPS) is 15.8. The molecule has 1 saturated heterocycles. The van der Waals surface area contributed by atoms with Gasteiger partial charge in [-0.25, -0.2) is 13.4 Å². The molecule has 0 radical (unpaired) electrons. The molecule has 3 heterocycles. The molecule has 238 valence electrons. The quantitative estimate of drug-likeness (QED) is 0.200. The Hall–Kier alpha value is -4.40. The lowest BCUT2D eigenvalue weighted by Gasteiger charge is -2.31. The number of rotatable bonds is 12. The van der Waals surface area contributed by atoms with Gasteiger partial charge in [-0.05, 0) is 50.7 Å². The second-order valence-electron chi connectivity index (χ2n) is 10.9. The number of H-pyrrole nitrogens is 1. The Morgan fingerprint density at radius 1 is 1.00 bits per heavy atom. The van der Waals surface area contributed by atoms with E-state index in [9.17, 15) is 22.8 Å². The molecule has 0 atom stereocenters. The van der Waals surface area contributed by atoms with E-state index in [4.69, 9.17) is 10.1 Å². The molecule has 3 N–H and O–H groups in total. The molecule has 3 aromatic rings. The van der Waals surface area contributed by atoms with Gasteiger partial charge < -0.3 is 25.3 Å². The van der Waals surface area contributed by atoms with E-state index in [1.165, 1.54) is 16.4 Å². The fourth-order valence-electron chi connectivity index (χ4n) is 5.40. The van der Waals surface area contributed by atoms with Crippen LogP contribution in [-0.2, 0) is 10.0 Å². The van der Waals surface area contributed by atoms with Crippen molar-refractivity contribution in [3.8, 4) is 17.1 Å². The van der Waals surface area contributed by atoms with Gasteiger partial charge >= 0.3 is 0 Å². The number of likely N-dealkylation sites (N-methyl/N-ethyl adjacent to an activating group) is 1. The van der Waals surface area contributed by atoms with Gasteiger partial charge in [0.15, 0.2) is 0 Å². The molecule has 2 aliphatic heterocycles. The molecule has 1 fully saturated rings. The number of nitrogens with one attached hydrogen (secondary N) is 3. The van der Waals surface area contributed by atoms with Crippen LogP contribution < -0.4 is 15.6 Å². The molecular formula is C31H37N7O6S. The maximum absolute atomic E-state index is 13.6. The number of carbonyl (C=O) groups excluding carboxylic acids is 2. The molecule has 45 heavy (non-hydrogen) atoms. The molecule has 0 bridgehead atoms. The second kappa shape index (κ2) is 13.3. The monoisotopic (exact) mass is 635 g/mol. The van der Waals surface area contributed by atoms with E-state index < -0.39 is 27.4 Å². The molecule has 14 heteroatoms. The van der Waals surface area contributed by atoms with Gasteiger partial charge in [-0.3, -0.25) is 19.3 Å². The lowest BCUT2D eigenvalue weighted by molar-refractivity contribution is 0.0660. The zero-order chi connectivity index (χ0) is 32.3. The summed E-state index contributed by atoms with van der Waals surface area (Å²) in [4.78, 5) is 49.7. The summed E-state index contributed by atoms with van der Waals surface area (Å²) in [5, 5.41) is 11.7. The fourth-order valence-corrected chi connectivity index (χ4v) is 6.85. The van der Waals surface area contributed by atoms with E-state index in [0.717, 1.165) is 4.90 Å². The van der Waals surface area contributed by atoms with Crippen LogP contribution in [-0.4, -0.2) is 103 Å². The van der Waals surface area contributed by atoms with Crippen molar-refractivity contribution in [2.75, 3.05) is 58.2 Å². The number of hydrogen-bond acceptors (Lipinski definition) is 10. The van der Waals surface area contributed by atoms with Crippen molar-refractivity contribution in [2.45, 2.75) is 31.6 Å². The predicted molar refractivity (Wildman–Crippen MR) is 170 cm³/mol. The van der Waals surface area contributed by atoms with Crippen LogP contribution in [0, 0.1) is 5.41 Å². The summed E-state index contributed by atoms with van der Waals surface area (Å²) in [6.45, 7) is 5.96. The van der Waals surface area contributed by atoms with Gasteiger partial charge in [-0.1, -0.05) is 25.5 Å². The van der Waals surface area contributed by atoms with Gasteiger partial charge in [-0.2, -0.15) is 4.31 Å². The first kappa shape index (κ1) is 32.0. The third kappa shape index (κ3) is 6.39. The van der Waals surface area contributed by atoms with E-state index in [0.29, 0.717) is 55.9 Å². The fraction of sp³-hybridized carbons (Fsp3) is 0.387. The largest absolute Gasteiger partial charge is 0.493 e. The highest BCUT2D eigenvalue weighted by atomic mass is 32.2. The first-order chi connectivity index (χ1) is 21.6. The molecular weight excluding hydrogens is 598 g/mol. The number of sulfonamides is 1. The second-order valence-corrected chi connectivity index (χ2v) is 12.8. The minimum atomic E-state index is -3.83. The van der Waals surface area contributed by atoms with Crippen LogP contribution in [0.3, 0.4) is 0 Å². The number of aromatic amines is 1. The van der Waals surface area contributed by atoms with Gasteiger partial charge in [0.1, 0.15) is 23.0 Å². The van der Waals surface area contributed by atoms with Crippen LogP contribution in [0.1, 0.15) is 53.1 Å². The highest BCUT2D eigenvalue weighted by molar-refractivity contribution is 7.89. The Labute approximate surface area is 261 Å². The smallest absolute Gasteiger partial charge is 0.275 e. The van der Waals surface area contributed by atoms with Crippen LogP contribution >= 0.6 is 0 Å². The van der Waals surface area contributed by atoms with E-state index in [1.807, 2.05) is 14.0 Å². The average molecular weight is 636 g/mol. The number of carbonyl (C=O) groups is 2. The molecule has 2 aliphatic rings. The van der Waals surface area contributed by atoms with Gasteiger partial charge in [-0.15, -0.1) is 0 Å². The topological polar surface area (TPSA) is 169 Å². The van der Waals surface area contributed by atoms with E-state index in [1.54, 1.807) is 37.3 Å². The van der Waals surface area contributed by atoms with E-state index in [-0.39, 0.29) is 53.1 Å². The first-order valence-corrected chi connectivity index (χ1v) is 16.4. The lowest BCUT2D eigenvalue weighted by atomic mass is 10.1.